The maximum Gasteiger partial charge on any atom is 0.270 e. The highest BCUT2D eigenvalue weighted by Crippen LogP contribution is 2.23. The van der Waals surface area contributed by atoms with Crippen molar-refractivity contribution in [1.29, 1.82) is 0 Å². The molecule has 0 bridgehead atoms. The van der Waals surface area contributed by atoms with Crippen LogP contribution in [-0.2, 0) is 0 Å². The topological polar surface area (TPSA) is 92.9 Å². The van der Waals surface area contributed by atoms with Gasteiger partial charge >= 0.3 is 0 Å². The number of nitrogens with two attached hydrogens (primary N) is 1. The number of nitrogen functional groups attached to an aromatic ring is 1. The molecule has 1 heterocycles. The Bertz CT molecular complexity index is 462. The Morgan fingerprint density at radius 2 is 2.11 bits per heavy atom. The quantitative estimate of drug-likeness (QED) is 0.566. The number of hydrazine groups is 1. The summed E-state index contributed by atoms with van der Waals surface area (Å²) in [5.74, 6) is 5.92. The fourth-order valence-electron chi connectivity index (χ4n) is 2.52. The number of aryl methyl sites for hydroxylation is 1. The van der Waals surface area contributed by atoms with Gasteiger partial charge < -0.3 is 5.32 Å². The maximum atomic E-state index is 12.2. The van der Waals surface area contributed by atoms with E-state index in [9.17, 15) is 4.79 Å². The second-order valence-corrected chi connectivity index (χ2v) is 5.20. The van der Waals surface area contributed by atoms with Gasteiger partial charge in [0, 0.05) is 11.7 Å². The lowest BCUT2D eigenvalue weighted by atomic mass is 9.86. The van der Waals surface area contributed by atoms with Gasteiger partial charge in [-0.1, -0.05) is 19.8 Å². The molecule has 0 aromatic carbocycles. The van der Waals surface area contributed by atoms with Gasteiger partial charge in [0.1, 0.15) is 5.69 Å². The van der Waals surface area contributed by atoms with Crippen molar-refractivity contribution in [3.63, 3.8) is 0 Å². The van der Waals surface area contributed by atoms with Crippen LogP contribution in [0.2, 0.25) is 0 Å². The average molecular weight is 263 g/mol. The minimum atomic E-state index is -0.152. The molecule has 6 heteroatoms. The van der Waals surface area contributed by atoms with E-state index in [4.69, 9.17) is 5.84 Å². The van der Waals surface area contributed by atoms with Gasteiger partial charge in [-0.3, -0.25) is 10.2 Å². The number of carbonyl (C=O) groups is 1. The molecule has 2 rings (SSSR count). The molecule has 0 radical (unpaired) electrons. The van der Waals surface area contributed by atoms with Crippen molar-refractivity contribution < 1.29 is 4.79 Å². The predicted octanol–water partition coefficient (Wildman–Crippen LogP) is 1.38. The van der Waals surface area contributed by atoms with Crippen molar-refractivity contribution in [2.45, 2.75) is 45.6 Å². The zero-order chi connectivity index (χ0) is 13.8. The number of hydrogen-bond donors (Lipinski definition) is 3. The lowest BCUT2D eigenvalue weighted by Crippen LogP contribution is -2.41. The first-order valence-corrected chi connectivity index (χ1v) is 6.73. The molecule has 4 N–H and O–H groups in total. The fraction of sp³-hybridized carbons (Fsp3) is 0.615. The van der Waals surface area contributed by atoms with Crippen LogP contribution in [0, 0.1) is 12.8 Å². The Hall–Kier alpha value is -1.69. The first kappa shape index (κ1) is 13.7. The standard InChI is InChI=1S/C13H21N5O/c1-8-5-3-4-6-10(8)16-12(19)11-7-9(2)15-13(17-11)18-14/h7-8,10H,3-6,14H2,1-2H3,(H,16,19)(H,15,17,18). The van der Waals surface area contributed by atoms with Crippen molar-refractivity contribution in [2.75, 3.05) is 5.43 Å². The van der Waals surface area contributed by atoms with Crippen molar-refractivity contribution in [1.82, 2.24) is 15.3 Å². The van der Waals surface area contributed by atoms with E-state index in [1.165, 1.54) is 19.3 Å². The Morgan fingerprint density at radius 1 is 1.37 bits per heavy atom. The highest BCUT2D eigenvalue weighted by molar-refractivity contribution is 5.92. The van der Waals surface area contributed by atoms with Crippen LogP contribution in [0.15, 0.2) is 6.07 Å². The van der Waals surface area contributed by atoms with Crippen LogP contribution in [0.5, 0.6) is 0 Å². The van der Waals surface area contributed by atoms with E-state index in [1.54, 1.807) is 6.07 Å². The Morgan fingerprint density at radius 3 is 2.79 bits per heavy atom. The summed E-state index contributed by atoms with van der Waals surface area (Å²) in [4.78, 5) is 20.4. The summed E-state index contributed by atoms with van der Waals surface area (Å²) in [5.41, 5.74) is 3.45. The van der Waals surface area contributed by atoms with E-state index in [0.29, 0.717) is 17.3 Å². The molecular weight excluding hydrogens is 242 g/mol. The molecule has 1 aliphatic rings. The van der Waals surface area contributed by atoms with Gasteiger partial charge in [0.25, 0.3) is 5.91 Å². The van der Waals surface area contributed by atoms with Gasteiger partial charge in [-0.05, 0) is 31.7 Å². The van der Waals surface area contributed by atoms with Crippen LogP contribution in [0.4, 0.5) is 5.95 Å². The van der Waals surface area contributed by atoms with Crippen LogP contribution in [-0.4, -0.2) is 21.9 Å². The molecule has 104 valence electrons. The number of carbonyl (C=O) groups excluding carboxylic acids is 1. The minimum absolute atomic E-state index is 0.152. The first-order chi connectivity index (χ1) is 9.10. The average Bonchev–Trinajstić information content (AvgIpc) is 2.40. The van der Waals surface area contributed by atoms with Gasteiger partial charge in [0.2, 0.25) is 5.95 Å². The van der Waals surface area contributed by atoms with E-state index in [2.05, 4.69) is 27.6 Å². The number of amides is 1. The second-order valence-electron chi connectivity index (χ2n) is 5.20. The number of hydrogen-bond acceptors (Lipinski definition) is 5. The Kier molecular flexibility index (Phi) is 4.31. The van der Waals surface area contributed by atoms with Crippen LogP contribution < -0.4 is 16.6 Å². The molecular formula is C13H21N5O. The van der Waals surface area contributed by atoms with Crippen LogP contribution >= 0.6 is 0 Å². The molecule has 1 aromatic rings. The molecule has 19 heavy (non-hydrogen) atoms. The molecule has 6 nitrogen and oxygen atoms in total. The highest BCUT2D eigenvalue weighted by atomic mass is 16.1. The largest absolute Gasteiger partial charge is 0.348 e. The second kappa shape index (κ2) is 5.97. The lowest BCUT2D eigenvalue weighted by Gasteiger charge is -2.29. The zero-order valence-electron chi connectivity index (χ0n) is 11.4. The van der Waals surface area contributed by atoms with E-state index in [1.807, 2.05) is 6.92 Å². The summed E-state index contributed by atoms with van der Waals surface area (Å²) in [6.07, 6.45) is 4.64. The van der Waals surface area contributed by atoms with E-state index < -0.39 is 0 Å². The van der Waals surface area contributed by atoms with Crippen LogP contribution in [0.3, 0.4) is 0 Å². The molecule has 1 fully saturated rings. The van der Waals surface area contributed by atoms with Crippen molar-refractivity contribution >= 4 is 11.9 Å². The molecule has 0 spiro atoms. The summed E-state index contributed by atoms with van der Waals surface area (Å²) >= 11 is 0. The smallest absolute Gasteiger partial charge is 0.270 e. The van der Waals surface area contributed by atoms with E-state index in [0.717, 1.165) is 6.42 Å². The van der Waals surface area contributed by atoms with Crippen molar-refractivity contribution in [3.05, 3.63) is 17.5 Å². The molecule has 0 saturated heterocycles. The summed E-state index contributed by atoms with van der Waals surface area (Å²) in [7, 11) is 0. The summed E-state index contributed by atoms with van der Waals surface area (Å²) in [6, 6.07) is 1.91. The number of anilines is 1. The number of nitrogens with one attached hydrogen (secondary N) is 2. The summed E-state index contributed by atoms with van der Waals surface area (Å²) < 4.78 is 0. The third kappa shape index (κ3) is 3.41. The molecule has 1 saturated carbocycles. The minimum Gasteiger partial charge on any atom is -0.348 e. The SMILES string of the molecule is Cc1cc(C(=O)NC2CCCCC2C)nc(NN)n1. The lowest BCUT2D eigenvalue weighted by molar-refractivity contribution is 0.0905. The van der Waals surface area contributed by atoms with Crippen molar-refractivity contribution in [2.24, 2.45) is 11.8 Å². The number of nitrogens with zero attached hydrogens (tertiary/aromatic N) is 2. The molecule has 1 aromatic heterocycles. The van der Waals surface area contributed by atoms with Crippen LogP contribution in [0.25, 0.3) is 0 Å². The summed E-state index contributed by atoms with van der Waals surface area (Å²) in [5, 5.41) is 3.07. The number of rotatable bonds is 3. The molecule has 2 unspecified atom stereocenters. The summed E-state index contributed by atoms with van der Waals surface area (Å²) in [6.45, 7) is 3.99. The Balaban J connectivity index is 2.08. The fourth-order valence-corrected chi connectivity index (χ4v) is 2.52. The van der Waals surface area contributed by atoms with E-state index in [-0.39, 0.29) is 17.9 Å². The molecule has 1 amide bonds. The predicted molar refractivity (Wildman–Crippen MR) is 73.5 cm³/mol. The number of aromatic nitrogens is 2. The monoisotopic (exact) mass is 263 g/mol. The first-order valence-electron chi connectivity index (χ1n) is 6.73. The molecule has 0 aliphatic heterocycles. The third-order valence-electron chi connectivity index (χ3n) is 3.64. The van der Waals surface area contributed by atoms with Gasteiger partial charge in [-0.2, -0.15) is 0 Å². The van der Waals surface area contributed by atoms with Crippen molar-refractivity contribution in [3.8, 4) is 0 Å². The van der Waals surface area contributed by atoms with Gasteiger partial charge in [-0.15, -0.1) is 0 Å². The molecule has 2 atom stereocenters. The highest BCUT2D eigenvalue weighted by Gasteiger charge is 2.23. The van der Waals surface area contributed by atoms with Gasteiger partial charge in [-0.25, -0.2) is 15.8 Å². The molecule has 1 aliphatic carbocycles. The third-order valence-corrected chi connectivity index (χ3v) is 3.64. The maximum absolute atomic E-state index is 12.2. The van der Waals surface area contributed by atoms with Gasteiger partial charge in [0.05, 0.1) is 0 Å². The van der Waals surface area contributed by atoms with Gasteiger partial charge in [0.15, 0.2) is 0 Å². The van der Waals surface area contributed by atoms with E-state index >= 15 is 0 Å². The normalized spacial score (nSPS) is 22.9. The Labute approximate surface area is 113 Å². The zero-order valence-corrected chi connectivity index (χ0v) is 11.4. The van der Waals surface area contributed by atoms with Crippen LogP contribution in [0.1, 0.15) is 48.8 Å².